The Labute approximate surface area is 117 Å². The topological polar surface area (TPSA) is 70.5 Å². The number of hydrogen-bond acceptors (Lipinski definition) is 3. The van der Waals surface area contributed by atoms with Crippen LogP contribution in [0.2, 0.25) is 0 Å². The minimum atomic E-state index is -1.05. The van der Waals surface area contributed by atoms with Gasteiger partial charge in [-0.2, -0.15) is 0 Å². The molecule has 1 aromatic heterocycles. The number of pyridine rings is 1. The third-order valence-corrected chi connectivity index (χ3v) is 3.81. The minimum Gasteiger partial charge on any atom is -0.478 e. The molecule has 1 N–H and O–H groups in total. The summed E-state index contributed by atoms with van der Waals surface area (Å²) in [5.74, 6) is -1.24. The Hall–Kier alpha value is -2.17. The van der Waals surface area contributed by atoms with Crippen LogP contribution in [-0.4, -0.2) is 33.4 Å². The predicted octanol–water partition coefficient (Wildman–Crippen LogP) is 2.17. The first-order chi connectivity index (χ1) is 9.52. The lowest BCUT2D eigenvalue weighted by molar-refractivity contribution is -0.134. The molecule has 5 nitrogen and oxygen atoms in total. The van der Waals surface area contributed by atoms with Crippen molar-refractivity contribution < 1.29 is 14.7 Å². The van der Waals surface area contributed by atoms with Crippen molar-refractivity contribution in [2.24, 2.45) is 0 Å². The highest BCUT2D eigenvalue weighted by Crippen LogP contribution is 2.32. The molecule has 0 bridgehead atoms. The van der Waals surface area contributed by atoms with E-state index in [4.69, 9.17) is 5.11 Å². The average Bonchev–Trinajstić information content (AvgIpc) is 2.95. The number of carbonyl (C=O) groups is 2. The number of nitrogens with zero attached hydrogens (tertiary/aromatic N) is 2. The van der Waals surface area contributed by atoms with Gasteiger partial charge in [-0.1, -0.05) is 0 Å². The molecule has 2 rings (SSSR count). The largest absolute Gasteiger partial charge is 0.478 e. The fourth-order valence-corrected chi connectivity index (χ4v) is 2.48. The van der Waals surface area contributed by atoms with E-state index in [0.29, 0.717) is 12.1 Å². The van der Waals surface area contributed by atoms with Gasteiger partial charge in [-0.3, -0.25) is 9.78 Å². The first-order valence-electron chi connectivity index (χ1n) is 6.64. The van der Waals surface area contributed by atoms with Crippen LogP contribution in [-0.2, 0) is 9.59 Å². The number of carboxylic acids is 1. The van der Waals surface area contributed by atoms with E-state index in [1.807, 2.05) is 12.1 Å². The van der Waals surface area contributed by atoms with Gasteiger partial charge in [0.2, 0.25) is 0 Å². The second-order valence-electron chi connectivity index (χ2n) is 4.99. The van der Waals surface area contributed by atoms with Crippen LogP contribution in [0, 0.1) is 0 Å². The Morgan fingerprint density at radius 1 is 1.25 bits per heavy atom. The van der Waals surface area contributed by atoms with Gasteiger partial charge in [-0.25, -0.2) is 4.79 Å². The summed E-state index contributed by atoms with van der Waals surface area (Å²) in [5, 5.41) is 8.99. The highest BCUT2D eigenvalue weighted by atomic mass is 16.4. The number of hydrogen-bond donors (Lipinski definition) is 1. The molecule has 1 unspecified atom stereocenters. The van der Waals surface area contributed by atoms with E-state index in [2.05, 4.69) is 4.98 Å². The Bertz CT molecular complexity index is 551. The van der Waals surface area contributed by atoms with Crippen LogP contribution in [0.15, 0.2) is 35.7 Å². The molecule has 1 atom stereocenters. The minimum absolute atomic E-state index is 0.0158. The van der Waals surface area contributed by atoms with Crippen LogP contribution in [0.1, 0.15) is 38.3 Å². The molecule has 0 spiro atoms. The van der Waals surface area contributed by atoms with Gasteiger partial charge >= 0.3 is 5.97 Å². The van der Waals surface area contributed by atoms with Gasteiger partial charge in [-0.15, -0.1) is 0 Å². The van der Waals surface area contributed by atoms with Gasteiger partial charge in [0, 0.05) is 30.1 Å². The first kappa shape index (κ1) is 14.2. The molecule has 0 aromatic carbocycles. The lowest BCUT2D eigenvalue weighted by Gasteiger charge is -2.25. The molecule has 20 heavy (non-hydrogen) atoms. The monoisotopic (exact) mass is 274 g/mol. The Morgan fingerprint density at radius 2 is 1.90 bits per heavy atom. The SMILES string of the molecule is CC(C(=O)O)=C(C)C(=O)N1CCCC1c1ccncc1. The molecule has 1 aliphatic heterocycles. The van der Waals surface area contributed by atoms with E-state index < -0.39 is 5.97 Å². The smallest absolute Gasteiger partial charge is 0.331 e. The molecule has 1 aromatic rings. The molecule has 1 fully saturated rings. The summed E-state index contributed by atoms with van der Waals surface area (Å²) in [7, 11) is 0. The number of carbonyl (C=O) groups excluding carboxylic acids is 1. The zero-order chi connectivity index (χ0) is 14.7. The summed E-state index contributed by atoms with van der Waals surface area (Å²) in [6.45, 7) is 3.71. The van der Waals surface area contributed by atoms with Crippen molar-refractivity contribution in [2.45, 2.75) is 32.7 Å². The Kier molecular flexibility index (Phi) is 4.17. The van der Waals surface area contributed by atoms with E-state index in [-0.39, 0.29) is 17.5 Å². The number of aromatic nitrogens is 1. The van der Waals surface area contributed by atoms with Crippen molar-refractivity contribution in [3.05, 3.63) is 41.2 Å². The van der Waals surface area contributed by atoms with Crippen LogP contribution in [0.25, 0.3) is 0 Å². The van der Waals surface area contributed by atoms with E-state index in [1.165, 1.54) is 6.92 Å². The van der Waals surface area contributed by atoms with Gasteiger partial charge < -0.3 is 10.0 Å². The first-order valence-corrected chi connectivity index (χ1v) is 6.64. The van der Waals surface area contributed by atoms with E-state index >= 15 is 0 Å². The number of carboxylic acid groups (broad SMARTS) is 1. The van der Waals surface area contributed by atoms with Gasteiger partial charge in [0.05, 0.1) is 6.04 Å². The summed E-state index contributed by atoms with van der Waals surface area (Å²) in [6.07, 6.45) is 5.25. The molecule has 0 radical (unpaired) electrons. The van der Waals surface area contributed by atoms with E-state index in [9.17, 15) is 9.59 Å². The van der Waals surface area contributed by atoms with Crippen LogP contribution in [0.4, 0.5) is 0 Å². The predicted molar refractivity (Wildman–Crippen MR) is 73.9 cm³/mol. The van der Waals surface area contributed by atoms with Crippen molar-refractivity contribution >= 4 is 11.9 Å². The second-order valence-corrected chi connectivity index (χ2v) is 4.99. The molecule has 106 valence electrons. The van der Waals surface area contributed by atoms with E-state index in [1.54, 1.807) is 24.2 Å². The molecular formula is C15H18N2O3. The summed E-state index contributed by atoms with van der Waals surface area (Å²) < 4.78 is 0. The van der Waals surface area contributed by atoms with Gasteiger partial charge in [-0.05, 0) is 44.4 Å². The molecule has 0 aliphatic carbocycles. The molecule has 1 amide bonds. The maximum absolute atomic E-state index is 12.5. The van der Waals surface area contributed by atoms with Gasteiger partial charge in [0.1, 0.15) is 0 Å². The number of aliphatic carboxylic acids is 1. The average molecular weight is 274 g/mol. The number of amides is 1. The second kappa shape index (κ2) is 5.86. The van der Waals surface area contributed by atoms with Crippen LogP contribution < -0.4 is 0 Å². The fourth-order valence-electron chi connectivity index (χ4n) is 2.48. The van der Waals surface area contributed by atoms with Crippen molar-refractivity contribution in [3.8, 4) is 0 Å². The lowest BCUT2D eigenvalue weighted by Crippen LogP contribution is -2.32. The van der Waals surface area contributed by atoms with Crippen LogP contribution in [0.3, 0.4) is 0 Å². The molecule has 1 aliphatic rings. The fraction of sp³-hybridized carbons (Fsp3) is 0.400. The zero-order valence-electron chi connectivity index (χ0n) is 11.7. The molecular weight excluding hydrogens is 256 g/mol. The van der Waals surface area contributed by atoms with Crippen molar-refractivity contribution in [1.29, 1.82) is 0 Å². The Balaban J connectivity index is 2.26. The third kappa shape index (κ3) is 2.71. The van der Waals surface area contributed by atoms with Crippen molar-refractivity contribution in [2.75, 3.05) is 6.54 Å². The van der Waals surface area contributed by atoms with Crippen molar-refractivity contribution in [3.63, 3.8) is 0 Å². The normalized spacial score (nSPS) is 19.7. The standard InChI is InChI=1S/C15H18N2O3/c1-10(11(2)15(19)20)14(18)17-9-3-4-13(17)12-5-7-16-8-6-12/h5-8,13H,3-4,9H2,1-2H3,(H,19,20). The van der Waals surface area contributed by atoms with E-state index in [0.717, 1.165) is 18.4 Å². The summed E-state index contributed by atoms with van der Waals surface area (Å²) >= 11 is 0. The molecule has 2 heterocycles. The van der Waals surface area contributed by atoms with Gasteiger partial charge in [0.15, 0.2) is 0 Å². The summed E-state index contributed by atoms with van der Waals surface area (Å²) in [6, 6.07) is 3.82. The summed E-state index contributed by atoms with van der Waals surface area (Å²) in [4.78, 5) is 29.2. The maximum atomic E-state index is 12.5. The highest BCUT2D eigenvalue weighted by Gasteiger charge is 2.31. The number of likely N-dealkylation sites (tertiary alicyclic amines) is 1. The van der Waals surface area contributed by atoms with Crippen molar-refractivity contribution in [1.82, 2.24) is 9.88 Å². The van der Waals surface area contributed by atoms with Crippen LogP contribution >= 0.6 is 0 Å². The van der Waals surface area contributed by atoms with Crippen LogP contribution in [0.5, 0.6) is 0 Å². The third-order valence-electron chi connectivity index (χ3n) is 3.81. The lowest BCUT2D eigenvalue weighted by atomic mass is 10.0. The summed E-state index contributed by atoms with van der Waals surface area (Å²) in [5.41, 5.74) is 1.46. The highest BCUT2D eigenvalue weighted by molar-refractivity contribution is 6.01. The van der Waals surface area contributed by atoms with Gasteiger partial charge in [0.25, 0.3) is 5.91 Å². The quantitative estimate of drug-likeness (QED) is 0.857. The maximum Gasteiger partial charge on any atom is 0.331 e. The molecule has 1 saturated heterocycles. The molecule has 0 saturated carbocycles. The Morgan fingerprint density at radius 3 is 2.50 bits per heavy atom. The number of rotatable bonds is 3. The zero-order valence-corrected chi connectivity index (χ0v) is 11.7. The molecule has 5 heteroatoms.